The fraction of sp³-hybridized carbons (Fsp3) is 0.0233. The van der Waals surface area contributed by atoms with Crippen LogP contribution in [0.25, 0.3) is 60.2 Å². The van der Waals surface area contributed by atoms with Gasteiger partial charge in [-0.25, -0.2) is 9.98 Å². The average Bonchev–Trinajstić information content (AvgIpc) is 3.70. The molecule has 5 nitrogen and oxygen atoms in total. The van der Waals surface area contributed by atoms with Crippen LogP contribution in [0.4, 0.5) is 0 Å². The zero-order chi connectivity index (χ0) is 31.6. The molecule has 2 aromatic heterocycles. The van der Waals surface area contributed by atoms with Crippen LogP contribution >= 0.6 is 0 Å². The molecular weight excluding hydrogens is 589 g/mol. The Bertz CT molecular complexity index is 2750. The second kappa shape index (κ2) is 10.5. The Kier molecular flexibility index (Phi) is 5.87. The van der Waals surface area contributed by atoms with Crippen molar-refractivity contribution in [1.29, 1.82) is 0 Å². The molecule has 5 heteroatoms. The van der Waals surface area contributed by atoms with Gasteiger partial charge in [-0.05, 0) is 52.7 Å². The number of amidine groups is 2. The lowest BCUT2D eigenvalue weighted by molar-refractivity contribution is 0.659. The molecule has 1 unspecified atom stereocenters. The first-order valence-corrected chi connectivity index (χ1v) is 16.2. The lowest BCUT2D eigenvalue weighted by atomic mass is 10.0. The number of para-hydroxylation sites is 2. The van der Waals surface area contributed by atoms with Crippen LogP contribution in [0, 0.1) is 0 Å². The average molecular weight is 617 g/mol. The van der Waals surface area contributed by atoms with Gasteiger partial charge in [0.1, 0.15) is 23.2 Å². The highest BCUT2D eigenvalue weighted by atomic mass is 16.3. The second-order valence-electron chi connectivity index (χ2n) is 12.2. The van der Waals surface area contributed by atoms with Gasteiger partial charge in [-0.3, -0.25) is 0 Å². The molecule has 226 valence electrons. The Morgan fingerprint density at radius 2 is 1.27 bits per heavy atom. The van der Waals surface area contributed by atoms with Gasteiger partial charge in [0.2, 0.25) is 0 Å². The molecule has 1 atom stereocenters. The number of fused-ring (bicyclic) bond motifs is 7. The van der Waals surface area contributed by atoms with E-state index in [-0.39, 0.29) is 6.17 Å². The number of hydrogen-bond acceptors (Lipinski definition) is 4. The standard InChI is InChI=1S/C43H28N4O/c1-3-13-27(14-4-1)41-44-42(28-15-5-2-6-16-28)46-43(45-41)33-23-24-36(39-32-20-10-12-22-38(32)48-40(33)39)47-35-21-11-9-19-31(35)34-25-29-17-7-8-18-30(29)26-37(34)47/h1-26,41H,(H,44,45,46). The Balaban J connectivity index is 1.25. The summed E-state index contributed by atoms with van der Waals surface area (Å²) in [4.78, 5) is 10.2. The molecule has 0 amide bonds. The summed E-state index contributed by atoms with van der Waals surface area (Å²) < 4.78 is 9.17. The SMILES string of the molecule is c1ccc(C2=NC(c3ccccc3)NC(c3ccc(-n4c5ccccc5c5cc6ccccc6cc54)c4c3oc3ccccc34)=N2)cc1. The van der Waals surface area contributed by atoms with Gasteiger partial charge in [-0.1, -0.05) is 121 Å². The zero-order valence-corrected chi connectivity index (χ0v) is 25.8. The number of furan rings is 1. The first-order valence-electron chi connectivity index (χ1n) is 16.2. The molecule has 1 aliphatic rings. The van der Waals surface area contributed by atoms with Gasteiger partial charge in [0.15, 0.2) is 5.84 Å². The highest BCUT2D eigenvalue weighted by Crippen LogP contribution is 2.41. The third kappa shape index (κ3) is 4.11. The van der Waals surface area contributed by atoms with Gasteiger partial charge in [0.25, 0.3) is 0 Å². The molecule has 0 spiro atoms. The first kappa shape index (κ1) is 26.7. The summed E-state index contributed by atoms with van der Waals surface area (Å²) in [6.07, 6.45) is -0.307. The van der Waals surface area contributed by atoms with Crippen LogP contribution < -0.4 is 5.32 Å². The molecule has 0 saturated heterocycles. The molecule has 3 heterocycles. The number of aliphatic imine (C=N–C) groups is 2. The van der Waals surface area contributed by atoms with Gasteiger partial charge in [0, 0.05) is 21.7 Å². The summed E-state index contributed by atoms with van der Waals surface area (Å²) >= 11 is 0. The van der Waals surface area contributed by atoms with E-state index in [0.717, 1.165) is 61.2 Å². The van der Waals surface area contributed by atoms with E-state index in [0.29, 0.717) is 5.84 Å². The summed E-state index contributed by atoms with van der Waals surface area (Å²) in [5.74, 6) is 1.40. The number of aromatic nitrogens is 1. The molecule has 0 fully saturated rings. The lowest BCUT2D eigenvalue weighted by Crippen LogP contribution is -2.33. The van der Waals surface area contributed by atoms with E-state index in [2.05, 4.69) is 119 Å². The van der Waals surface area contributed by atoms with Crippen molar-refractivity contribution in [3.8, 4) is 5.69 Å². The van der Waals surface area contributed by atoms with Crippen molar-refractivity contribution in [3.63, 3.8) is 0 Å². The van der Waals surface area contributed by atoms with E-state index in [1.807, 2.05) is 48.5 Å². The van der Waals surface area contributed by atoms with Crippen LogP contribution in [0.3, 0.4) is 0 Å². The van der Waals surface area contributed by atoms with Crippen LogP contribution in [-0.2, 0) is 0 Å². The maximum atomic E-state index is 6.78. The Labute approximate surface area is 276 Å². The van der Waals surface area contributed by atoms with E-state index >= 15 is 0 Å². The van der Waals surface area contributed by atoms with Gasteiger partial charge >= 0.3 is 0 Å². The molecule has 0 radical (unpaired) electrons. The predicted octanol–water partition coefficient (Wildman–Crippen LogP) is 10.3. The number of nitrogens with zero attached hydrogens (tertiary/aromatic N) is 3. The smallest absolute Gasteiger partial charge is 0.159 e. The summed E-state index contributed by atoms with van der Waals surface area (Å²) in [5.41, 5.74) is 7.91. The van der Waals surface area contributed by atoms with Crippen LogP contribution in [0.1, 0.15) is 22.9 Å². The number of benzene rings is 7. The fourth-order valence-electron chi connectivity index (χ4n) is 7.21. The number of rotatable bonds is 4. The minimum atomic E-state index is -0.307. The molecule has 0 bridgehead atoms. The van der Waals surface area contributed by atoms with Gasteiger partial charge in [0.05, 0.1) is 27.7 Å². The molecule has 1 aliphatic heterocycles. The Hall–Kier alpha value is -6.46. The largest absolute Gasteiger partial charge is 0.455 e. The van der Waals surface area contributed by atoms with Gasteiger partial charge in [-0.2, -0.15) is 0 Å². The quantitative estimate of drug-likeness (QED) is 0.214. The molecule has 0 aliphatic carbocycles. The monoisotopic (exact) mass is 616 g/mol. The normalized spacial score (nSPS) is 14.9. The zero-order valence-electron chi connectivity index (χ0n) is 25.8. The molecule has 10 rings (SSSR count). The predicted molar refractivity (Wildman–Crippen MR) is 197 cm³/mol. The van der Waals surface area contributed by atoms with Crippen molar-refractivity contribution in [2.45, 2.75) is 6.17 Å². The van der Waals surface area contributed by atoms with E-state index in [9.17, 15) is 0 Å². The Morgan fingerprint density at radius 3 is 2.10 bits per heavy atom. The van der Waals surface area contributed by atoms with Crippen molar-refractivity contribution >= 4 is 66.2 Å². The van der Waals surface area contributed by atoms with Crippen molar-refractivity contribution < 1.29 is 4.42 Å². The highest BCUT2D eigenvalue weighted by molar-refractivity contribution is 6.22. The maximum Gasteiger partial charge on any atom is 0.159 e. The van der Waals surface area contributed by atoms with E-state index in [4.69, 9.17) is 14.4 Å². The van der Waals surface area contributed by atoms with Crippen LogP contribution in [-0.4, -0.2) is 16.2 Å². The van der Waals surface area contributed by atoms with Crippen molar-refractivity contribution in [1.82, 2.24) is 9.88 Å². The van der Waals surface area contributed by atoms with Crippen LogP contribution in [0.2, 0.25) is 0 Å². The van der Waals surface area contributed by atoms with Crippen molar-refractivity contribution in [3.05, 3.63) is 174 Å². The Morgan fingerprint density at radius 1 is 0.583 bits per heavy atom. The van der Waals surface area contributed by atoms with Gasteiger partial charge < -0.3 is 14.3 Å². The van der Waals surface area contributed by atoms with Crippen LogP contribution in [0.5, 0.6) is 0 Å². The highest BCUT2D eigenvalue weighted by Gasteiger charge is 2.26. The number of hydrogen-bond donors (Lipinski definition) is 1. The van der Waals surface area contributed by atoms with Crippen LogP contribution in [0.15, 0.2) is 172 Å². The lowest BCUT2D eigenvalue weighted by Gasteiger charge is -2.24. The number of nitrogens with one attached hydrogen (secondary N) is 1. The third-order valence-electron chi connectivity index (χ3n) is 9.43. The summed E-state index contributed by atoms with van der Waals surface area (Å²) in [7, 11) is 0. The summed E-state index contributed by atoms with van der Waals surface area (Å²) in [6, 6.07) is 55.0. The van der Waals surface area contributed by atoms with Crippen molar-refractivity contribution in [2.75, 3.05) is 0 Å². The minimum absolute atomic E-state index is 0.307. The van der Waals surface area contributed by atoms with E-state index in [1.165, 1.54) is 21.5 Å². The van der Waals surface area contributed by atoms with E-state index < -0.39 is 0 Å². The van der Waals surface area contributed by atoms with E-state index in [1.54, 1.807) is 0 Å². The first-order chi connectivity index (χ1) is 23.8. The summed E-state index contributed by atoms with van der Waals surface area (Å²) in [6.45, 7) is 0. The second-order valence-corrected chi connectivity index (χ2v) is 12.2. The molecule has 1 N–H and O–H groups in total. The molecular formula is C43H28N4O. The minimum Gasteiger partial charge on any atom is -0.455 e. The fourth-order valence-corrected chi connectivity index (χ4v) is 7.21. The molecule has 9 aromatic rings. The van der Waals surface area contributed by atoms with Gasteiger partial charge in [-0.15, -0.1) is 0 Å². The molecule has 48 heavy (non-hydrogen) atoms. The third-order valence-corrected chi connectivity index (χ3v) is 9.43. The topological polar surface area (TPSA) is 54.8 Å². The molecule has 7 aromatic carbocycles. The summed E-state index contributed by atoms with van der Waals surface area (Å²) in [5, 5.41) is 10.6. The molecule has 0 saturated carbocycles. The van der Waals surface area contributed by atoms with Crippen molar-refractivity contribution in [2.24, 2.45) is 9.98 Å². The maximum absolute atomic E-state index is 6.78.